The number of carbonyl (C=O) groups is 1. The van der Waals surface area contributed by atoms with Gasteiger partial charge in [-0.05, 0) is 38.4 Å². The molecule has 2 rings (SSSR count). The second-order valence-corrected chi connectivity index (χ2v) is 6.24. The number of hydrogen-bond donors (Lipinski definition) is 3. The second-order valence-electron chi connectivity index (χ2n) is 5.45. The SMILES string of the molecule is CSc1nc(=O)[nH]c(C)c1C(=O)NCC1CCCC(O)C1. The maximum Gasteiger partial charge on any atom is 0.346 e. The van der Waals surface area contributed by atoms with Gasteiger partial charge in [0.2, 0.25) is 0 Å². The van der Waals surface area contributed by atoms with Gasteiger partial charge in [0.05, 0.1) is 11.7 Å². The number of aromatic nitrogens is 2. The minimum absolute atomic E-state index is 0.222. The van der Waals surface area contributed by atoms with Crippen LogP contribution in [0.2, 0.25) is 0 Å². The standard InChI is InChI=1S/C14H21N3O3S/c1-8-11(13(21-2)17-14(20)16-8)12(19)15-7-9-4-3-5-10(18)6-9/h9-10,18H,3-7H2,1-2H3,(H,15,19)(H,16,17,20). The molecule has 1 amide bonds. The fourth-order valence-corrected chi connectivity index (χ4v) is 3.37. The van der Waals surface area contributed by atoms with Gasteiger partial charge in [0.15, 0.2) is 0 Å². The van der Waals surface area contributed by atoms with E-state index in [0.717, 1.165) is 25.7 Å². The van der Waals surface area contributed by atoms with Crippen LogP contribution in [0.5, 0.6) is 0 Å². The first-order valence-corrected chi connectivity index (χ1v) is 8.35. The molecule has 0 spiro atoms. The lowest BCUT2D eigenvalue weighted by molar-refractivity contribution is 0.0870. The highest BCUT2D eigenvalue weighted by Gasteiger charge is 2.22. The van der Waals surface area contributed by atoms with Crippen LogP contribution in [0.4, 0.5) is 0 Å². The summed E-state index contributed by atoms with van der Waals surface area (Å²) >= 11 is 1.28. The first-order valence-electron chi connectivity index (χ1n) is 7.12. The van der Waals surface area contributed by atoms with E-state index in [-0.39, 0.29) is 12.0 Å². The van der Waals surface area contributed by atoms with Gasteiger partial charge in [-0.2, -0.15) is 4.98 Å². The quantitative estimate of drug-likeness (QED) is 0.571. The average Bonchev–Trinajstić information content (AvgIpc) is 2.44. The molecular formula is C14H21N3O3S. The van der Waals surface area contributed by atoms with Crippen molar-refractivity contribution >= 4 is 17.7 Å². The Balaban J connectivity index is 2.05. The monoisotopic (exact) mass is 311 g/mol. The van der Waals surface area contributed by atoms with Crippen molar-refractivity contribution in [1.82, 2.24) is 15.3 Å². The van der Waals surface area contributed by atoms with Gasteiger partial charge >= 0.3 is 5.69 Å². The molecule has 1 aromatic rings. The van der Waals surface area contributed by atoms with Gasteiger partial charge in [0.1, 0.15) is 5.03 Å². The van der Waals surface area contributed by atoms with Crippen LogP contribution >= 0.6 is 11.8 Å². The van der Waals surface area contributed by atoms with E-state index < -0.39 is 5.69 Å². The van der Waals surface area contributed by atoms with Crippen LogP contribution < -0.4 is 11.0 Å². The Hall–Kier alpha value is -1.34. The molecule has 0 aromatic carbocycles. The Morgan fingerprint density at radius 2 is 2.29 bits per heavy atom. The van der Waals surface area contributed by atoms with E-state index in [1.54, 1.807) is 13.2 Å². The molecule has 3 N–H and O–H groups in total. The number of aliphatic hydroxyl groups excluding tert-OH is 1. The predicted octanol–water partition coefficient (Wildman–Crippen LogP) is 1.08. The Kier molecular flexibility index (Phi) is 5.41. The summed E-state index contributed by atoms with van der Waals surface area (Å²) in [5.74, 6) is 0.0899. The molecule has 7 heteroatoms. The third-order valence-electron chi connectivity index (χ3n) is 3.81. The van der Waals surface area contributed by atoms with E-state index in [1.807, 2.05) is 0 Å². The fourth-order valence-electron chi connectivity index (χ4n) is 2.75. The number of rotatable bonds is 4. The Labute approximate surface area is 127 Å². The van der Waals surface area contributed by atoms with Crippen LogP contribution in [0.1, 0.15) is 41.7 Å². The van der Waals surface area contributed by atoms with Crippen molar-refractivity contribution in [3.05, 3.63) is 21.7 Å². The van der Waals surface area contributed by atoms with Gasteiger partial charge in [-0.15, -0.1) is 11.8 Å². The first kappa shape index (κ1) is 16.0. The predicted molar refractivity (Wildman–Crippen MR) is 81.7 cm³/mol. The molecule has 2 unspecified atom stereocenters. The van der Waals surface area contributed by atoms with Crippen molar-refractivity contribution < 1.29 is 9.90 Å². The van der Waals surface area contributed by atoms with Crippen LogP contribution in [0.25, 0.3) is 0 Å². The highest BCUT2D eigenvalue weighted by Crippen LogP contribution is 2.24. The van der Waals surface area contributed by atoms with Gasteiger partial charge in [0.25, 0.3) is 5.91 Å². The van der Waals surface area contributed by atoms with Crippen molar-refractivity contribution in [1.29, 1.82) is 0 Å². The maximum absolute atomic E-state index is 12.3. The molecule has 0 radical (unpaired) electrons. The number of H-pyrrole nitrogens is 1. The number of nitrogens with one attached hydrogen (secondary N) is 2. The molecule has 116 valence electrons. The van der Waals surface area contributed by atoms with Crippen molar-refractivity contribution in [2.75, 3.05) is 12.8 Å². The normalized spacial score (nSPS) is 22.0. The first-order chi connectivity index (χ1) is 10.0. The molecule has 1 aliphatic rings. The lowest BCUT2D eigenvalue weighted by Gasteiger charge is -2.26. The lowest BCUT2D eigenvalue weighted by Crippen LogP contribution is -2.34. The summed E-state index contributed by atoms with van der Waals surface area (Å²) in [5, 5.41) is 13.0. The molecule has 6 nitrogen and oxygen atoms in total. The maximum atomic E-state index is 12.3. The molecule has 0 saturated heterocycles. The highest BCUT2D eigenvalue weighted by molar-refractivity contribution is 7.98. The Morgan fingerprint density at radius 3 is 2.95 bits per heavy atom. The van der Waals surface area contributed by atoms with Gasteiger partial charge in [-0.3, -0.25) is 4.79 Å². The van der Waals surface area contributed by atoms with E-state index in [0.29, 0.717) is 28.7 Å². The number of aliphatic hydroxyl groups is 1. The van der Waals surface area contributed by atoms with E-state index >= 15 is 0 Å². The third kappa shape index (κ3) is 4.07. The van der Waals surface area contributed by atoms with Crippen LogP contribution in [0, 0.1) is 12.8 Å². The van der Waals surface area contributed by atoms with Crippen molar-refractivity contribution in [2.45, 2.75) is 43.7 Å². The molecule has 1 aliphatic carbocycles. The number of amides is 1. The number of carbonyl (C=O) groups excluding carboxylic acids is 1. The van der Waals surface area contributed by atoms with E-state index in [9.17, 15) is 14.7 Å². The summed E-state index contributed by atoms with van der Waals surface area (Å²) in [6.07, 6.45) is 5.14. The van der Waals surface area contributed by atoms with Crippen molar-refractivity contribution in [3.8, 4) is 0 Å². The number of aryl methyl sites for hydroxylation is 1. The molecule has 1 aromatic heterocycles. The van der Waals surface area contributed by atoms with E-state index in [2.05, 4.69) is 15.3 Å². The summed E-state index contributed by atoms with van der Waals surface area (Å²) in [4.78, 5) is 30.1. The van der Waals surface area contributed by atoms with Crippen LogP contribution in [-0.2, 0) is 0 Å². The minimum Gasteiger partial charge on any atom is -0.393 e. The van der Waals surface area contributed by atoms with Crippen molar-refractivity contribution in [2.24, 2.45) is 5.92 Å². The van der Waals surface area contributed by atoms with E-state index in [1.165, 1.54) is 11.8 Å². The van der Waals surface area contributed by atoms with E-state index in [4.69, 9.17) is 0 Å². The Morgan fingerprint density at radius 1 is 1.52 bits per heavy atom. The van der Waals surface area contributed by atoms with Crippen LogP contribution in [0.15, 0.2) is 9.82 Å². The smallest absolute Gasteiger partial charge is 0.346 e. The van der Waals surface area contributed by atoms with Gasteiger partial charge in [0, 0.05) is 12.2 Å². The van der Waals surface area contributed by atoms with Crippen LogP contribution in [-0.4, -0.2) is 39.9 Å². The lowest BCUT2D eigenvalue weighted by atomic mass is 9.87. The Bertz CT molecular complexity index is 573. The topological polar surface area (TPSA) is 95.1 Å². The molecule has 1 saturated carbocycles. The number of nitrogens with zero attached hydrogens (tertiary/aromatic N) is 1. The summed E-state index contributed by atoms with van der Waals surface area (Å²) < 4.78 is 0. The zero-order valence-corrected chi connectivity index (χ0v) is 13.1. The minimum atomic E-state index is -0.441. The largest absolute Gasteiger partial charge is 0.393 e. The molecule has 2 atom stereocenters. The second kappa shape index (κ2) is 7.09. The summed E-state index contributed by atoms with van der Waals surface area (Å²) in [6, 6.07) is 0. The summed E-state index contributed by atoms with van der Waals surface area (Å²) in [7, 11) is 0. The number of hydrogen-bond acceptors (Lipinski definition) is 5. The zero-order valence-electron chi connectivity index (χ0n) is 12.3. The highest BCUT2D eigenvalue weighted by atomic mass is 32.2. The average molecular weight is 311 g/mol. The molecule has 0 aliphatic heterocycles. The summed E-state index contributed by atoms with van der Waals surface area (Å²) in [5.41, 5.74) is 0.516. The van der Waals surface area contributed by atoms with Gasteiger partial charge < -0.3 is 15.4 Å². The molecular weight excluding hydrogens is 290 g/mol. The fraction of sp³-hybridized carbons (Fsp3) is 0.643. The third-order valence-corrected chi connectivity index (χ3v) is 4.50. The number of thioether (sulfide) groups is 1. The molecule has 21 heavy (non-hydrogen) atoms. The molecule has 0 bridgehead atoms. The summed E-state index contributed by atoms with van der Waals surface area (Å²) in [6.45, 7) is 2.24. The van der Waals surface area contributed by atoms with Gasteiger partial charge in [-0.1, -0.05) is 6.42 Å². The molecule has 1 heterocycles. The molecule has 1 fully saturated rings. The van der Waals surface area contributed by atoms with Gasteiger partial charge in [-0.25, -0.2) is 4.79 Å². The number of aromatic amines is 1. The van der Waals surface area contributed by atoms with Crippen LogP contribution in [0.3, 0.4) is 0 Å². The zero-order chi connectivity index (χ0) is 15.4. The van der Waals surface area contributed by atoms with Crippen molar-refractivity contribution in [3.63, 3.8) is 0 Å².